The molecule has 2 nitrogen and oxygen atoms in total. The normalized spacial score (nSPS) is 29.4. The van der Waals surface area contributed by atoms with E-state index in [1.54, 1.807) is 0 Å². The molecule has 2 heterocycles. The van der Waals surface area contributed by atoms with Crippen molar-refractivity contribution in [3.63, 3.8) is 0 Å². The number of halogens is 1. The van der Waals surface area contributed by atoms with E-state index in [4.69, 9.17) is 11.6 Å². The van der Waals surface area contributed by atoms with Crippen LogP contribution in [0.1, 0.15) is 37.8 Å². The third kappa shape index (κ3) is 2.29. The van der Waals surface area contributed by atoms with Crippen molar-refractivity contribution in [3.8, 4) is 0 Å². The average molecular weight is 265 g/mol. The Morgan fingerprint density at radius 3 is 2.94 bits per heavy atom. The van der Waals surface area contributed by atoms with E-state index in [0.29, 0.717) is 12.1 Å². The highest BCUT2D eigenvalue weighted by molar-refractivity contribution is 6.31. The number of nitrogens with zero attached hydrogens (tertiary/aromatic N) is 1. The molecule has 2 aliphatic rings. The van der Waals surface area contributed by atoms with E-state index in [1.807, 2.05) is 12.1 Å². The van der Waals surface area contributed by atoms with Gasteiger partial charge in [-0.1, -0.05) is 29.8 Å². The van der Waals surface area contributed by atoms with Gasteiger partial charge in [0.1, 0.15) is 0 Å². The molecule has 2 unspecified atom stereocenters. The largest absolute Gasteiger partial charge is 0.306 e. The first kappa shape index (κ1) is 12.5. The van der Waals surface area contributed by atoms with Crippen LogP contribution in [0.15, 0.2) is 24.3 Å². The van der Waals surface area contributed by atoms with E-state index in [1.165, 1.54) is 37.9 Å². The minimum Gasteiger partial charge on any atom is -0.306 e. The van der Waals surface area contributed by atoms with Crippen molar-refractivity contribution < 1.29 is 0 Å². The maximum absolute atomic E-state index is 6.27. The maximum atomic E-state index is 6.27. The molecule has 1 aromatic rings. The molecule has 0 bridgehead atoms. The lowest BCUT2D eigenvalue weighted by molar-refractivity contribution is 0.291. The van der Waals surface area contributed by atoms with Gasteiger partial charge in [0, 0.05) is 29.7 Å². The van der Waals surface area contributed by atoms with Gasteiger partial charge < -0.3 is 5.32 Å². The zero-order valence-corrected chi connectivity index (χ0v) is 11.7. The Balaban J connectivity index is 1.68. The van der Waals surface area contributed by atoms with Crippen LogP contribution < -0.4 is 5.32 Å². The van der Waals surface area contributed by atoms with Crippen LogP contribution in [-0.4, -0.2) is 30.1 Å². The van der Waals surface area contributed by atoms with Gasteiger partial charge in [-0.25, -0.2) is 0 Å². The first-order valence-corrected chi connectivity index (χ1v) is 7.38. The number of benzene rings is 1. The van der Waals surface area contributed by atoms with Crippen LogP contribution >= 0.6 is 11.6 Å². The Labute approximate surface area is 114 Å². The van der Waals surface area contributed by atoms with Crippen molar-refractivity contribution in [2.24, 2.45) is 0 Å². The molecule has 2 fully saturated rings. The van der Waals surface area contributed by atoms with E-state index < -0.39 is 0 Å². The molecule has 1 aromatic carbocycles. The third-order valence-corrected chi connectivity index (χ3v) is 4.79. The van der Waals surface area contributed by atoms with Crippen molar-refractivity contribution in [1.82, 2.24) is 10.2 Å². The molecule has 0 saturated carbocycles. The van der Waals surface area contributed by atoms with Gasteiger partial charge in [-0.15, -0.1) is 0 Å². The van der Waals surface area contributed by atoms with Crippen LogP contribution in [0.3, 0.4) is 0 Å². The lowest BCUT2D eigenvalue weighted by Gasteiger charge is -2.25. The standard InChI is InChI=1S/C15H21ClN2/c1-11(12-5-2-3-6-13(12)16)17-14-8-10-18-9-4-7-15(14)18/h2-3,5-6,11,14-15,17H,4,7-10H2,1H3/t11-,14?,15?/m0/s1. The lowest BCUT2D eigenvalue weighted by Crippen LogP contribution is -2.40. The summed E-state index contributed by atoms with van der Waals surface area (Å²) in [5, 5.41) is 4.66. The Hall–Kier alpha value is -0.570. The number of hydrogen-bond acceptors (Lipinski definition) is 2. The van der Waals surface area contributed by atoms with Crippen LogP contribution in [0.5, 0.6) is 0 Å². The minimum absolute atomic E-state index is 0.337. The topological polar surface area (TPSA) is 15.3 Å². The SMILES string of the molecule is C[C@H](NC1CCN2CCCC12)c1ccccc1Cl. The fourth-order valence-corrected chi connectivity index (χ4v) is 3.81. The number of rotatable bonds is 3. The molecule has 3 rings (SSSR count). The van der Waals surface area contributed by atoms with E-state index >= 15 is 0 Å². The van der Waals surface area contributed by atoms with Crippen LogP contribution in [0.25, 0.3) is 0 Å². The number of hydrogen-bond donors (Lipinski definition) is 1. The molecular weight excluding hydrogens is 244 g/mol. The van der Waals surface area contributed by atoms with Gasteiger partial charge >= 0.3 is 0 Å². The molecule has 18 heavy (non-hydrogen) atoms. The molecule has 2 saturated heterocycles. The van der Waals surface area contributed by atoms with E-state index in [0.717, 1.165) is 11.1 Å². The predicted molar refractivity (Wildman–Crippen MR) is 76.0 cm³/mol. The third-order valence-electron chi connectivity index (χ3n) is 4.44. The summed E-state index contributed by atoms with van der Waals surface area (Å²) < 4.78 is 0. The molecule has 0 amide bonds. The van der Waals surface area contributed by atoms with Gasteiger partial charge in [0.05, 0.1) is 0 Å². The van der Waals surface area contributed by atoms with Gasteiger partial charge in [0.15, 0.2) is 0 Å². The molecule has 0 aromatic heterocycles. The smallest absolute Gasteiger partial charge is 0.0453 e. The average Bonchev–Trinajstić information content (AvgIpc) is 2.94. The molecule has 3 atom stereocenters. The molecule has 0 radical (unpaired) electrons. The second-order valence-corrected chi connectivity index (χ2v) is 5.96. The fourth-order valence-electron chi connectivity index (χ4n) is 3.51. The molecule has 0 aliphatic carbocycles. The second-order valence-electron chi connectivity index (χ2n) is 5.55. The summed E-state index contributed by atoms with van der Waals surface area (Å²) in [6.45, 7) is 4.78. The summed E-state index contributed by atoms with van der Waals surface area (Å²) in [4.78, 5) is 2.64. The summed E-state index contributed by atoms with van der Waals surface area (Å²) in [6.07, 6.45) is 4.00. The summed E-state index contributed by atoms with van der Waals surface area (Å²) in [7, 11) is 0. The first-order valence-electron chi connectivity index (χ1n) is 7.00. The second kappa shape index (κ2) is 5.20. The highest BCUT2D eigenvalue weighted by Crippen LogP contribution is 2.30. The van der Waals surface area contributed by atoms with Crippen molar-refractivity contribution in [1.29, 1.82) is 0 Å². The summed E-state index contributed by atoms with van der Waals surface area (Å²) >= 11 is 6.27. The Bertz CT molecular complexity index is 421. The Morgan fingerprint density at radius 1 is 1.28 bits per heavy atom. The molecule has 0 spiro atoms. The van der Waals surface area contributed by atoms with Gasteiger partial charge in [-0.2, -0.15) is 0 Å². The van der Waals surface area contributed by atoms with Crippen LogP contribution in [0, 0.1) is 0 Å². The highest BCUT2D eigenvalue weighted by atomic mass is 35.5. The summed E-state index contributed by atoms with van der Waals surface area (Å²) in [6, 6.07) is 9.90. The maximum Gasteiger partial charge on any atom is 0.0453 e. The number of nitrogens with one attached hydrogen (secondary N) is 1. The number of fused-ring (bicyclic) bond motifs is 1. The molecule has 98 valence electrons. The molecular formula is C15H21ClN2. The first-order chi connectivity index (χ1) is 8.75. The quantitative estimate of drug-likeness (QED) is 0.902. The van der Waals surface area contributed by atoms with Gasteiger partial charge in [-0.05, 0) is 44.4 Å². The Kier molecular flexibility index (Phi) is 3.60. The monoisotopic (exact) mass is 264 g/mol. The van der Waals surface area contributed by atoms with Gasteiger partial charge in [-0.3, -0.25) is 4.90 Å². The van der Waals surface area contributed by atoms with Crippen molar-refractivity contribution in [3.05, 3.63) is 34.9 Å². The van der Waals surface area contributed by atoms with Crippen LogP contribution in [0.2, 0.25) is 5.02 Å². The zero-order valence-electron chi connectivity index (χ0n) is 10.9. The minimum atomic E-state index is 0.337. The van der Waals surface area contributed by atoms with E-state index in [2.05, 4.69) is 29.3 Å². The molecule has 2 aliphatic heterocycles. The molecule has 3 heteroatoms. The summed E-state index contributed by atoms with van der Waals surface area (Å²) in [5.74, 6) is 0. The van der Waals surface area contributed by atoms with Gasteiger partial charge in [0.25, 0.3) is 0 Å². The van der Waals surface area contributed by atoms with Crippen LogP contribution in [0.4, 0.5) is 0 Å². The van der Waals surface area contributed by atoms with E-state index in [-0.39, 0.29) is 0 Å². The van der Waals surface area contributed by atoms with Crippen molar-refractivity contribution in [2.45, 2.75) is 44.3 Å². The van der Waals surface area contributed by atoms with Crippen LogP contribution in [-0.2, 0) is 0 Å². The van der Waals surface area contributed by atoms with E-state index in [9.17, 15) is 0 Å². The zero-order chi connectivity index (χ0) is 12.5. The van der Waals surface area contributed by atoms with Gasteiger partial charge in [0.2, 0.25) is 0 Å². The predicted octanol–water partition coefficient (Wildman–Crippen LogP) is 3.23. The van der Waals surface area contributed by atoms with Crippen molar-refractivity contribution in [2.75, 3.05) is 13.1 Å². The fraction of sp³-hybridized carbons (Fsp3) is 0.600. The Morgan fingerprint density at radius 2 is 2.11 bits per heavy atom. The lowest BCUT2D eigenvalue weighted by atomic mass is 10.0. The highest BCUT2D eigenvalue weighted by Gasteiger charge is 2.37. The summed E-state index contributed by atoms with van der Waals surface area (Å²) in [5.41, 5.74) is 1.22. The molecule has 1 N–H and O–H groups in total. The van der Waals surface area contributed by atoms with Crippen molar-refractivity contribution >= 4 is 11.6 Å².